The molecule has 1 atom stereocenters. The highest BCUT2D eigenvalue weighted by atomic mass is 15.0. The van der Waals surface area contributed by atoms with Crippen LogP contribution in [0.15, 0.2) is 6.07 Å². The highest BCUT2D eigenvalue weighted by molar-refractivity contribution is 5.33. The fourth-order valence-electron chi connectivity index (χ4n) is 4.23. The topological polar surface area (TPSA) is 30.9 Å². The number of aromatic nitrogens is 1. The number of hydrogen-bond donors (Lipinski definition) is 1. The van der Waals surface area contributed by atoms with Crippen molar-refractivity contribution in [3.8, 4) is 0 Å². The second kappa shape index (κ2) is 3.88. The van der Waals surface area contributed by atoms with Gasteiger partial charge in [0, 0.05) is 24.0 Å². The fraction of sp³-hybridized carbons (Fsp3) is 0.765. The number of aryl methyl sites for hydroxylation is 1. The van der Waals surface area contributed by atoms with Gasteiger partial charge in [-0.15, -0.1) is 0 Å². The van der Waals surface area contributed by atoms with Gasteiger partial charge in [-0.2, -0.15) is 0 Å². The van der Waals surface area contributed by atoms with Crippen LogP contribution in [0.4, 0.5) is 0 Å². The van der Waals surface area contributed by atoms with E-state index in [1.165, 1.54) is 36.3 Å². The van der Waals surface area contributed by atoms with Gasteiger partial charge >= 0.3 is 0 Å². The highest BCUT2D eigenvalue weighted by Crippen LogP contribution is 2.69. The van der Waals surface area contributed by atoms with E-state index in [0.717, 1.165) is 12.3 Å². The molecule has 2 aliphatic rings. The van der Waals surface area contributed by atoms with Gasteiger partial charge < -0.3 is 10.3 Å². The molecule has 0 radical (unpaired) electrons. The number of hydrogen-bond acceptors (Lipinski definition) is 1. The van der Waals surface area contributed by atoms with Crippen LogP contribution in [0, 0.1) is 23.7 Å². The Kier molecular flexibility index (Phi) is 2.70. The molecule has 2 heteroatoms. The summed E-state index contributed by atoms with van der Waals surface area (Å²) < 4.78 is 2.56. The van der Waals surface area contributed by atoms with Gasteiger partial charge in [-0.1, -0.05) is 27.7 Å². The summed E-state index contributed by atoms with van der Waals surface area (Å²) in [6.07, 6.45) is 3.61. The zero-order valence-electron chi connectivity index (χ0n) is 13.1. The molecule has 1 fully saturated rings. The molecule has 1 aromatic rings. The lowest BCUT2D eigenvalue weighted by Crippen LogP contribution is -2.19. The minimum absolute atomic E-state index is 0.268. The van der Waals surface area contributed by atoms with Crippen LogP contribution in [-0.2, 0) is 13.0 Å². The largest absolute Gasteiger partial charge is 0.348 e. The molecule has 1 heterocycles. The molecule has 106 valence electrons. The average molecular weight is 260 g/mol. The Morgan fingerprint density at radius 2 is 1.89 bits per heavy atom. The minimum atomic E-state index is 0.268. The van der Waals surface area contributed by atoms with Crippen LogP contribution < -0.4 is 5.73 Å². The van der Waals surface area contributed by atoms with Crippen molar-refractivity contribution in [3.05, 3.63) is 23.0 Å². The third kappa shape index (κ3) is 1.72. The van der Waals surface area contributed by atoms with Gasteiger partial charge in [0.05, 0.1) is 0 Å². The van der Waals surface area contributed by atoms with Gasteiger partial charge in [0.15, 0.2) is 0 Å². The standard InChI is InChI=1S/C17H28N2/c1-11-9-12-13(18)7-6-8-14(12)19(11)10-15-16(2,3)17(15,4)5/h9,13,15H,6-8,10,18H2,1-5H3. The second-order valence-corrected chi connectivity index (χ2v) is 7.79. The van der Waals surface area contributed by atoms with Crippen molar-refractivity contribution in [3.63, 3.8) is 0 Å². The summed E-state index contributed by atoms with van der Waals surface area (Å²) in [5.41, 5.74) is 11.5. The van der Waals surface area contributed by atoms with Crippen molar-refractivity contribution >= 4 is 0 Å². The van der Waals surface area contributed by atoms with Gasteiger partial charge in [0.25, 0.3) is 0 Å². The third-order valence-corrected chi connectivity index (χ3v) is 6.46. The zero-order valence-corrected chi connectivity index (χ0v) is 13.1. The molecule has 1 aromatic heterocycles. The number of rotatable bonds is 2. The molecule has 0 aliphatic heterocycles. The number of fused-ring (bicyclic) bond motifs is 1. The molecule has 0 aromatic carbocycles. The molecule has 0 amide bonds. The molecule has 19 heavy (non-hydrogen) atoms. The third-order valence-electron chi connectivity index (χ3n) is 6.46. The Balaban J connectivity index is 1.91. The maximum atomic E-state index is 6.27. The van der Waals surface area contributed by atoms with Gasteiger partial charge in [-0.25, -0.2) is 0 Å². The Labute approximate surface area is 117 Å². The first kappa shape index (κ1) is 13.2. The first-order chi connectivity index (χ1) is 8.76. The molecule has 0 saturated heterocycles. The van der Waals surface area contributed by atoms with E-state index in [2.05, 4.69) is 45.3 Å². The van der Waals surface area contributed by atoms with Crippen molar-refractivity contribution in [2.75, 3.05) is 0 Å². The maximum Gasteiger partial charge on any atom is 0.0313 e. The predicted molar refractivity (Wildman–Crippen MR) is 80.1 cm³/mol. The fourth-order valence-corrected chi connectivity index (χ4v) is 4.23. The van der Waals surface area contributed by atoms with Crippen molar-refractivity contribution in [2.24, 2.45) is 22.5 Å². The normalized spacial score (nSPS) is 28.2. The van der Waals surface area contributed by atoms with Gasteiger partial charge in [0.2, 0.25) is 0 Å². The molecule has 2 nitrogen and oxygen atoms in total. The summed E-state index contributed by atoms with van der Waals surface area (Å²) in [4.78, 5) is 0. The van der Waals surface area contributed by atoms with E-state index in [0.29, 0.717) is 10.8 Å². The summed E-state index contributed by atoms with van der Waals surface area (Å²) in [6.45, 7) is 13.1. The van der Waals surface area contributed by atoms with Crippen molar-refractivity contribution in [1.29, 1.82) is 0 Å². The molecule has 0 spiro atoms. The van der Waals surface area contributed by atoms with Crippen LogP contribution in [0.5, 0.6) is 0 Å². The summed E-state index contributed by atoms with van der Waals surface area (Å²) in [5, 5.41) is 0. The summed E-state index contributed by atoms with van der Waals surface area (Å²) in [6, 6.07) is 2.60. The Bertz CT molecular complexity index is 494. The van der Waals surface area contributed by atoms with Crippen molar-refractivity contribution < 1.29 is 0 Å². The molecule has 3 rings (SSSR count). The Morgan fingerprint density at radius 3 is 2.47 bits per heavy atom. The molecule has 1 saturated carbocycles. The number of nitrogens with zero attached hydrogens (tertiary/aromatic N) is 1. The van der Waals surface area contributed by atoms with E-state index in [-0.39, 0.29) is 6.04 Å². The molecule has 2 aliphatic carbocycles. The van der Waals surface area contributed by atoms with Gasteiger partial charge in [0.1, 0.15) is 0 Å². The van der Waals surface area contributed by atoms with Crippen LogP contribution in [0.1, 0.15) is 63.5 Å². The van der Waals surface area contributed by atoms with E-state index in [9.17, 15) is 0 Å². The summed E-state index contributed by atoms with van der Waals surface area (Å²) >= 11 is 0. The maximum absolute atomic E-state index is 6.27. The van der Waals surface area contributed by atoms with Crippen LogP contribution in [0.2, 0.25) is 0 Å². The van der Waals surface area contributed by atoms with Crippen molar-refractivity contribution in [1.82, 2.24) is 4.57 Å². The van der Waals surface area contributed by atoms with E-state index < -0.39 is 0 Å². The minimum Gasteiger partial charge on any atom is -0.348 e. The lowest BCUT2D eigenvalue weighted by molar-refractivity contribution is 0.457. The van der Waals surface area contributed by atoms with Gasteiger partial charge in [-0.3, -0.25) is 0 Å². The summed E-state index contributed by atoms with van der Waals surface area (Å²) in [7, 11) is 0. The zero-order chi connectivity index (χ0) is 14.0. The smallest absolute Gasteiger partial charge is 0.0313 e. The molecule has 0 bridgehead atoms. The Morgan fingerprint density at radius 1 is 1.26 bits per heavy atom. The van der Waals surface area contributed by atoms with Crippen LogP contribution >= 0.6 is 0 Å². The molecular formula is C17H28N2. The van der Waals surface area contributed by atoms with Crippen LogP contribution in [-0.4, -0.2) is 4.57 Å². The van der Waals surface area contributed by atoms with Crippen LogP contribution in [0.25, 0.3) is 0 Å². The Hall–Kier alpha value is -0.760. The van der Waals surface area contributed by atoms with Gasteiger partial charge in [-0.05, 0) is 54.6 Å². The lowest BCUT2D eigenvalue weighted by Gasteiger charge is -2.21. The SMILES string of the molecule is Cc1cc2c(n1CC1C(C)(C)C1(C)C)CCCC2N. The monoisotopic (exact) mass is 260 g/mol. The first-order valence-electron chi connectivity index (χ1n) is 7.71. The quantitative estimate of drug-likeness (QED) is 0.861. The molecule has 1 unspecified atom stereocenters. The predicted octanol–water partition coefficient (Wildman–Crippen LogP) is 3.81. The van der Waals surface area contributed by atoms with E-state index >= 15 is 0 Å². The van der Waals surface area contributed by atoms with E-state index in [1.54, 1.807) is 0 Å². The summed E-state index contributed by atoms with van der Waals surface area (Å²) in [5.74, 6) is 0.786. The first-order valence-corrected chi connectivity index (χ1v) is 7.71. The highest BCUT2D eigenvalue weighted by Gasteiger charge is 2.64. The number of nitrogens with two attached hydrogens (primary N) is 1. The lowest BCUT2D eigenvalue weighted by atomic mass is 9.93. The van der Waals surface area contributed by atoms with E-state index in [1.807, 2.05) is 0 Å². The van der Waals surface area contributed by atoms with E-state index in [4.69, 9.17) is 5.73 Å². The average Bonchev–Trinajstić information content (AvgIpc) is 2.59. The molecule has 2 N–H and O–H groups in total. The second-order valence-electron chi connectivity index (χ2n) is 7.79. The molecular weight excluding hydrogens is 232 g/mol. The van der Waals surface area contributed by atoms with Crippen molar-refractivity contribution in [2.45, 2.75) is 66.5 Å². The van der Waals surface area contributed by atoms with Crippen LogP contribution in [0.3, 0.4) is 0 Å².